The molecule has 0 aliphatic heterocycles. The summed E-state index contributed by atoms with van der Waals surface area (Å²) in [5.41, 5.74) is 3.91. The number of aryl methyl sites for hydroxylation is 1. The largest absolute Gasteiger partial charge is 0.303 e. The molecule has 0 aromatic carbocycles. The van der Waals surface area contributed by atoms with E-state index in [1.165, 1.54) is 6.33 Å². The van der Waals surface area contributed by atoms with Gasteiger partial charge in [-0.3, -0.25) is 4.68 Å². The molecule has 2 aromatic rings. The SMILES string of the molecule is CN(C)Nc1ncnc2c1cnn2C. The lowest BCUT2D eigenvalue weighted by atomic mass is 10.4. The normalized spacial score (nSPS) is 11.1. The Morgan fingerprint density at radius 2 is 2.14 bits per heavy atom. The van der Waals surface area contributed by atoms with Crippen LogP contribution in [0.15, 0.2) is 12.5 Å². The molecule has 74 valence electrons. The van der Waals surface area contributed by atoms with Gasteiger partial charge in [0, 0.05) is 21.1 Å². The Bertz CT molecular complexity index is 446. The number of aromatic nitrogens is 4. The van der Waals surface area contributed by atoms with Crippen LogP contribution in [0.1, 0.15) is 0 Å². The molecule has 2 aromatic heterocycles. The van der Waals surface area contributed by atoms with Crippen molar-refractivity contribution in [3.8, 4) is 0 Å². The van der Waals surface area contributed by atoms with Gasteiger partial charge in [-0.1, -0.05) is 0 Å². The average molecular weight is 192 g/mol. The van der Waals surface area contributed by atoms with E-state index in [4.69, 9.17) is 0 Å². The lowest BCUT2D eigenvalue weighted by Crippen LogP contribution is -2.20. The molecule has 0 amide bonds. The Balaban J connectivity index is 2.54. The first-order chi connectivity index (χ1) is 6.68. The third-order valence-corrected chi connectivity index (χ3v) is 1.86. The smallest absolute Gasteiger partial charge is 0.163 e. The summed E-state index contributed by atoms with van der Waals surface area (Å²) in [5, 5.41) is 6.87. The van der Waals surface area contributed by atoms with Crippen molar-refractivity contribution in [1.29, 1.82) is 0 Å². The third kappa shape index (κ3) is 1.39. The molecule has 2 rings (SSSR count). The molecule has 0 spiro atoms. The van der Waals surface area contributed by atoms with Crippen molar-refractivity contribution in [2.24, 2.45) is 7.05 Å². The number of fused-ring (bicyclic) bond motifs is 1. The first-order valence-electron chi connectivity index (χ1n) is 4.25. The van der Waals surface area contributed by atoms with Crippen LogP contribution in [0.4, 0.5) is 5.82 Å². The van der Waals surface area contributed by atoms with Crippen LogP contribution in [0.25, 0.3) is 11.0 Å². The second-order valence-electron chi connectivity index (χ2n) is 3.23. The van der Waals surface area contributed by atoms with Crippen molar-refractivity contribution in [2.45, 2.75) is 0 Å². The predicted octanol–water partition coefficient (Wildman–Crippen LogP) is 0.252. The molecule has 0 aliphatic rings. The summed E-state index contributed by atoms with van der Waals surface area (Å²) in [6.45, 7) is 0. The van der Waals surface area contributed by atoms with E-state index in [0.29, 0.717) is 0 Å². The zero-order valence-corrected chi connectivity index (χ0v) is 8.39. The molecule has 0 saturated carbocycles. The highest BCUT2D eigenvalue weighted by Gasteiger charge is 2.07. The molecule has 0 radical (unpaired) electrons. The summed E-state index contributed by atoms with van der Waals surface area (Å²) < 4.78 is 1.72. The Kier molecular flexibility index (Phi) is 2.05. The van der Waals surface area contributed by atoms with Crippen molar-refractivity contribution in [1.82, 2.24) is 24.8 Å². The number of nitrogens with zero attached hydrogens (tertiary/aromatic N) is 5. The van der Waals surface area contributed by atoms with Crippen molar-refractivity contribution in [3.63, 3.8) is 0 Å². The van der Waals surface area contributed by atoms with Gasteiger partial charge in [0.15, 0.2) is 11.5 Å². The molecule has 1 N–H and O–H groups in total. The molecule has 6 heteroatoms. The number of rotatable bonds is 2. The molecule has 6 nitrogen and oxygen atoms in total. The van der Waals surface area contributed by atoms with Crippen LogP contribution < -0.4 is 5.43 Å². The zero-order chi connectivity index (χ0) is 10.1. The zero-order valence-electron chi connectivity index (χ0n) is 8.39. The average Bonchev–Trinajstić information content (AvgIpc) is 2.49. The van der Waals surface area contributed by atoms with E-state index in [1.807, 2.05) is 26.2 Å². The molecule has 0 atom stereocenters. The highest BCUT2D eigenvalue weighted by atomic mass is 15.5. The van der Waals surface area contributed by atoms with E-state index in [1.54, 1.807) is 10.9 Å². The van der Waals surface area contributed by atoms with E-state index >= 15 is 0 Å². The van der Waals surface area contributed by atoms with Crippen LogP contribution in [0.3, 0.4) is 0 Å². The topological polar surface area (TPSA) is 58.9 Å². The fourth-order valence-corrected chi connectivity index (χ4v) is 1.26. The summed E-state index contributed by atoms with van der Waals surface area (Å²) in [6, 6.07) is 0. The molecule has 14 heavy (non-hydrogen) atoms. The second kappa shape index (κ2) is 3.22. The van der Waals surface area contributed by atoms with E-state index in [-0.39, 0.29) is 0 Å². The number of hydrogen-bond donors (Lipinski definition) is 1. The summed E-state index contributed by atoms with van der Waals surface area (Å²) in [7, 11) is 5.67. The fraction of sp³-hybridized carbons (Fsp3) is 0.375. The van der Waals surface area contributed by atoms with Crippen LogP contribution >= 0.6 is 0 Å². The minimum absolute atomic E-state index is 0.771. The summed E-state index contributed by atoms with van der Waals surface area (Å²) in [5.74, 6) is 0.771. The van der Waals surface area contributed by atoms with Gasteiger partial charge < -0.3 is 5.43 Å². The minimum Gasteiger partial charge on any atom is -0.303 e. The standard InChI is InChI=1S/C8H12N6/c1-13(2)12-7-6-4-11-14(3)8(6)10-5-9-7/h4-5H,1-3H3,(H,9,10,12). The van der Waals surface area contributed by atoms with Crippen molar-refractivity contribution < 1.29 is 0 Å². The molecular formula is C8H12N6. The van der Waals surface area contributed by atoms with Gasteiger partial charge in [0.1, 0.15) is 6.33 Å². The maximum atomic E-state index is 4.14. The van der Waals surface area contributed by atoms with Gasteiger partial charge in [-0.05, 0) is 0 Å². The Hall–Kier alpha value is -1.69. The molecular weight excluding hydrogens is 180 g/mol. The van der Waals surface area contributed by atoms with Gasteiger partial charge in [0.25, 0.3) is 0 Å². The van der Waals surface area contributed by atoms with Crippen molar-refractivity contribution in [2.75, 3.05) is 19.5 Å². The van der Waals surface area contributed by atoms with E-state index < -0.39 is 0 Å². The maximum absolute atomic E-state index is 4.14. The van der Waals surface area contributed by atoms with Crippen molar-refractivity contribution in [3.05, 3.63) is 12.5 Å². The second-order valence-corrected chi connectivity index (χ2v) is 3.23. The summed E-state index contributed by atoms with van der Waals surface area (Å²) in [4.78, 5) is 8.28. The minimum atomic E-state index is 0.771. The van der Waals surface area contributed by atoms with Crippen molar-refractivity contribution >= 4 is 16.9 Å². The number of anilines is 1. The van der Waals surface area contributed by atoms with E-state index in [9.17, 15) is 0 Å². The first kappa shape index (κ1) is 8.89. The van der Waals surface area contributed by atoms with Gasteiger partial charge in [0.2, 0.25) is 0 Å². The van der Waals surface area contributed by atoms with Gasteiger partial charge in [-0.15, -0.1) is 0 Å². The first-order valence-corrected chi connectivity index (χ1v) is 4.25. The molecule has 0 aliphatic carbocycles. The Morgan fingerprint density at radius 1 is 1.36 bits per heavy atom. The quantitative estimate of drug-likeness (QED) is 0.691. The molecule has 0 unspecified atom stereocenters. The predicted molar refractivity (Wildman–Crippen MR) is 53.6 cm³/mol. The molecule has 2 heterocycles. The number of hydrazine groups is 1. The highest BCUT2D eigenvalue weighted by molar-refractivity contribution is 5.85. The Labute approximate surface area is 81.5 Å². The number of nitrogens with one attached hydrogen (secondary N) is 1. The van der Waals surface area contributed by atoms with E-state index in [0.717, 1.165) is 16.9 Å². The molecule has 0 bridgehead atoms. The lowest BCUT2D eigenvalue weighted by Gasteiger charge is -2.12. The van der Waals surface area contributed by atoms with Gasteiger partial charge >= 0.3 is 0 Å². The third-order valence-electron chi connectivity index (χ3n) is 1.86. The van der Waals surface area contributed by atoms with Crippen LogP contribution in [-0.4, -0.2) is 38.9 Å². The van der Waals surface area contributed by atoms with Gasteiger partial charge in [-0.25, -0.2) is 15.0 Å². The van der Waals surface area contributed by atoms with E-state index in [2.05, 4.69) is 20.5 Å². The fourth-order valence-electron chi connectivity index (χ4n) is 1.26. The molecule has 0 saturated heterocycles. The maximum Gasteiger partial charge on any atom is 0.163 e. The van der Waals surface area contributed by atoms with Crippen LogP contribution in [0, 0.1) is 0 Å². The molecule has 0 fully saturated rings. The summed E-state index contributed by atoms with van der Waals surface area (Å²) in [6.07, 6.45) is 3.27. The van der Waals surface area contributed by atoms with Crippen LogP contribution in [-0.2, 0) is 7.05 Å². The van der Waals surface area contributed by atoms with Crippen LogP contribution in [0.5, 0.6) is 0 Å². The van der Waals surface area contributed by atoms with Gasteiger partial charge in [-0.2, -0.15) is 5.10 Å². The number of hydrogen-bond acceptors (Lipinski definition) is 5. The summed E-state index contributed by atoms with van der Waals surface area (Å²) >= 11 is 0. The lowest BCUT2D eigenvalue weighted by molar-refractivity contribution is 0.493. The van der Waals surface area contributed by atoms with Crippen LogP contribution in [0.2, 0.25) is 0 Å². The van der Waals surface area contributed by atoms with Gasteiger partial charge in [0.05, 0.1) is 11.6 Å². The Morgan fingerprint density at radius 3 is 2.86 bits per heavy atom. The highest BCUT2D eigenvalue weighted by Crippen LogP contribution is 2.17. The monoisotopic (exact) mass is 192 g/mol.